The molecule has 0 aliphatic carbocycles. The number of nitrogens with one attached hydrogen (secondary N) is 1. The fourth-order valence-electron chi connectivity index (χ4n) is 4.02. The van der Waals surface area contributed by atoms with E-state index in [9.17, 15) is 9.59 Å². The summed E-state index contributed by atoms with van der Waals surface area (Å²) in [5.74, 6) is 0.541. The molecule has 176 valence electrons. The van der Waals surface area contributed by atoms with Gasteiger partial charge < -0.3 is 24.5 Å². The van der Waals surface area contributed by atoms with Crippen molar-refractivity contribution >= 4 is 39.4 Å². The largest absolute Gasteiger partial charge is 0.494 e. The number of aliphatic carboxylic acids is 1. The van der Waals surface area contributed by atoms with E-state index in [0.717, 1.165) is 40.4 Å². The lowest BCUT2D eigenvalue weighted by Crippen LogP contribution is -2.06. The molecule has 4 aromatic rings. The van der Waals surface area contributed by atoms with Crippen LogP contribution in [0, 0.1) is 0 Å². The van der Waals surface area contributed by atoms with Crippen LogP contribution in [0.4, 0.5) is 5.69 Å². The predicted molar refractivity (Wildman–Crippen MR) is 133 cm³/mol. The van der Waals surface area contributed by atoms with Crippen LogP contribution < -0.4 is 14.8 Å². The molecule has 34 heavy (non-hydrogen) atoms. The lowest BCUT2D eigenvalue weighted by Gasteiger charge is -2.10. The third kappa shape index (κ3) is 5.67. The minimum Gasteiger partial charge on any atom is -0.494 e. The first-order chi connectivity index (χ1) is 16.5. The lowest BCUT2D eigenvalue weighted by atomic mass is 10.1. The van der Waals surface area contributed by atoms with E-state index in [1.165, 1.54) is 6.92 Å². The molecule has 0 aliphatic rings. The molecule has 4 rings (SSSR count). The zero-order chi connectivity index (χ0) is 23.9. The molecule has 0 radical (unpaired) electrons. The number of hydrogen-bond donors (Lipinski definition) is 2. The second kappa shape index (κ2) is 10.7. The summed E-state index contributed by atoms with van der Waals surface area (Å²) in [6.07, 6.45) is 1.71. The Bertz CT molecular complexity index is 1310. The first-order valence-electron chi connectivity index (χ1n) is 11.4. The topological polar surface area (TPSA) is 89.8 Å². The van der Waals surface area contributed by atoms with Crippen molar-refractivity contribution in [3.63, 3.8) is 0 Å². The summed E-state index contributed by atoms with van der Waals surface area (Å²) in [5, 5.41) is 14.1. The third-order valence-corrected chi connectivity index (χ3v) is 5.52. The van der Waals surface area contributed by atoms with E-state index in [1.54, 1.807) is 6.07 Å². The molecular weight excluding hydrogens is 432 g/mol. The Kier molecular flexibility index (Phi) is 7.32. The van der Waals surface area contributed by atoms with Gasteiger partial charge in [-0.15, -0.1) is 0 Å². The van der Waals surface area contributed by atoms with Crippen LogP contribution in [0.15, 0.2) is 66.7 Å². The van der Waals surface area contributed by atoms with Crippen molar-refractivity contribution in [1.29, 1.82) is 0 Å². The van der Waals surface area contributed by atoms with Crippen molar-refractivity contribution in [3.05, 3.63) is 66.7 Å². The van der Waals surface area contributed by atoms with Crippen molar-refractivity contribution in [2.24, 2.45) is 0 Å². The molecule has 0 bridgehead atoms. The maximum absolute atomic E-state index is 11.2. The van der Waals surface area contributed by atoms with Gasteiger partial charge in [0.15, 0.2) is 0 Å². The fraction of sp³-hybridized carbons (Fsp3) is 0.259. The number of aryl methyl sites for hydroxylation is 1. The Balaban J connectivity index is 1.33. The first kappa shape index (κ1) is 23.2. The summed E-state index contributed by atoms with van der Waals surface area (Å²) in [7, 11) is 0. The highest BCUT2D eigenvalue weighted by Gasteiger charge is 2.12. The Labute approximate surface area is 197 Å². The average Bonchev–Trinajstić information content (AvgIpc) is 3.12. The summed E-state index contributed by atoms with van der Waals surface area (Å²) in [6.45, 7) is 2.98. The maximum atomic E-state index is 11.2. The summed E-state index contributed by atoms with van der Waals surface area (Å²) in [6, 6.07) is 21.3. The molecule has 2 N–H and O–H groups in total. The van der Waals surface area contributed by atoms with E-state index in [1.807, 2.05) is 54.6 Å². The van der Waals surface area contributed by atoms with E-state index in [4.69, 9.17) is 14.6 Å². The Morgan fingerprint density at radius 2 is 1.56 bits per heavy atom. The van der Waals surface area contributed by atoms with Crippen LogP contribution >= 0.6 is 0 Å². The number of carbonyl (C=O) groups excluding carboxylic acids is 1. The molecule has 7 nitrogen and oxygen atoms in total. The lowest BCUT2D eigenvalue weighted by molar-refractivity contribution is -0.137. The van der Waals surface area contributed by atoms with Crippen LogP contribution in [0.5, 0.6) is 11.5 Å². The molecule has 7 heteroatoms. The summed E-state index contributed by atoms with van der Waals surface area (Å²) in [5.41, 5.74) is 2.71. The Morgan fingerprint density at radius 3 is 2.29 bits per heavy atom. The van der Waals surface area contributed by atoms with Crippen molar-refractivity contribution < 1.29 is 24.2 Å². The number of amides is 1. The molecule has 0 fully saturated rings. The number of anilines is 1. The van der Waals surface area contributed by atoms with Gasteiger partial charge in [0.2, 0.25) is 5.91 Å². The van der Waals surface area contributed by atoms with Gasteiger partial charge in [0.05, 0.1) is 25.2 Å². The monoisotopic (exact) mass is 460 g/mol. The van der Waals surface area contributed by atoms with E-state index < -0.39 is 5.97 Å². The highest BCUT2D eigenvalue weighted by atomic mass is 16.5. The summed E-state index contributed by atoms with van der Waals surface area (Å²) >= 11 is 0. The van der Waals surface area contributed by atoms with Gasteiger partial charge in [0.1, 0.15) is 11.5 Å². The standard InChI is InChI=1S/C27H28N2O5/c1-19(30)28-20-7-6-8-21(17-20)33-15-4-5-16-34-22-11-12-24-23-9-2-3-10-25(23)29(26(24)18-22)14-13-27(31)32/h2-3,6-12,17-18H,4-5,13-16H2,1H3,(H,28,30)(H,31,32). The number of nitrogens with zero attached hydrogens (tertiary/aromatic N) is 1. The second-order valence-corrected chi connectivity index (χ2v) is 8.10. The Morgan fingerprint density at radius 1 is 0.853 bits per heavy atom. The van der Waals surface area contributed by atoms with Crippen LogP contribution in [-0.2, 0) is 16.1 Å². The van der Waals surface area contributed by atoms with Gasteiger partial charge in [-0.3, -0.25) is 9.59 Å². The normalized spacial score (nSPS) is 11.0. The van der Waals surface area contributed by atoms with Crippen LogP contribution in [0.2, 0.25) is 0 Å². The minimum absolute atomic E-state index is 0.0621. The predicted octanol–water partition coefficient (Wildman–Crippen LogP) is 5.47. The van der Waals surface area contributed by atoms with E-state index in [2.05, 4.69) is 16.0 Å². The number of fused-ring (bicyclic) bond motifs is 3. The molecule has 0 spiro atoms. The van der Waals surface area contributed by atoms with Crippen molar-refractivity contribution in [1.82, 2.24) is 4.57 Å². The number of carbonyl (C=O) groups is 2. The van der Waals surface area contributed by atoms with Gasteiger partial charge >= 0.3 is 5.97 Å². The molecule has 3 aromatic carbocycles. The highest BCUT2D eigenvalue weighted by molar-refractivity contribution is 6.08. The van der Waals surface area contributed by atoms with E-state index in [-0.39, 0.29) is 12.3 Å². The van der Waals surface area contributed by atoms with Gasteiger partial charge in [-0.2, -0.15) is 0 Å². The number of carboxylic acids is 1. The quantitative estimate of drug-likeness (QED) is 0.290. The average molecular weight is 461 g/mol. The van der Waals surface area contributed by atoms with E-state index >= 15 is 0 Å². The molecule has 0 unspecified atom stereocenters. The molecule has 0 aliphatic heterocycles. The molecule has 0 saturated carbocycles. The molecule has 0 atom stereocenters. The fourth-order valence-corrected chi connectivity index (χ4v) is 4.02. The number of para-hydroxylation sites is 1. The highest BCUT2D eigenvalue weighted by Crippen LogP contribution is 2.32. The van der Waals surface area contributed by atoms with E-state index in [0.29, 0.717) is 31.2 Å². The number of rotatable bonds is 11. The molecule has 1 aromatic heterocycles. The van der Waals surface area contributed by atoms with Gasteiger partial charge in [-0.1, -0.05) is 24.3 Å². The zero-order valence-corrected chi connectivity index (χ0v) is 19.1. The van der Waals surface area contributed by atoms with Crippen LogP contribution in [-0.4, -0.2) is 34.8 Å². The van der Waals surface area contributed by atoms with Gasteiger partial charge in [0, 0.05) is 47.6 Å². The molecule has 0 saturated heterocycles. The number of aromatic nitrogens is 1. The minimum atomic E-state index is -0.817. The number of hydrogen-bond acceptors (Lipinski definition) is 4. The number of carboxylic acid groups (broad SMARTS) is 1. The van der Waals surface area contributed by atoms with Crippen LogP contribution in [0.1, 0.15) is 26.2 Å². The van der Waals surface area contributed by atoms with Gasteiger partial charge in [0.25, 0.3) is 0 Å². The molecule has 1 amide bonds. The third-order valence-electron chi connectivity index (χ3n) is 5.52. The number of benzene rings is 3. The first-order valence-corrected chi connectivity index (χ1v) is 11.4. The number of unbranched alkanes of at least 4 members (excludes halogenated alkanes) is 1. The summed E-state index contributed by atoms with van der Waals surface area (Å²) < 4.78 is 13.8. The Hall–Kier alpha value is -4.00. The van der Waals surface area contributed by atoms with Crippen molar-refractivity contribution in [2.45, 2.75) is 32.7 Å². The second-order valence-electron chi connectivity index (χ2n) is 8.10. The SMILES string of the molecule is CC(=O)Nc1cccc(OCCCCOc2ccc3c4ccccc4n(CCC(=O)O)c3c2)c1. The molecular formula is C27H28N2O5. The number of ether oxygens (including phenoxy) is 2. The van der Waals surface area contributed by atoms with Crippen molar-refractivity contribution in [2.75, 3.05) is 18.5 Å². The van der Waals surface area contributed by atoms with Gasteiger partial charge in [-0.25, -0.2) is 0 Å². The smallest absolute Gasteiger partial charge is 0.305 e. The van der Waals surface area contributed by atoms with Gasteiger partial charge in [-0.05, 0) is 43.2 Å². The maximum Gasteiger partial charge on any atom is 0.305 e. The van der Waals surface area contributed by atoms with Crippen molar-refractivity contribution in [3.8, 4) is 11.5 Å². The van der Waals surface area contributed by atoms with Crippen LogP contribution in [0.3, 0.4) is 0 Å². The summed E-state index contributed by atoms with van der Waals surface area (Å²) in [4.78, 5) is 22.3. The zero-order valence-electron chi connectivity index (χ0n) is 19.1. The van der Waals surface area contributed by atoms with Crippen LogP contribution in [0.25, 0.3) is 21.8 Å². The molecule has 1 heterocycles.